The predicted molar refractivity (Wildman–Crippen MR) is 145 cm³/mol. The number of halogens is 2. The summed E-state index contributed by atoms with van der Waals surface area (Å²) in [5.41, 5.74) is 1.59. The topological polar surface area (TPSA) is 32.7 Å². The van der Waals surface area contributed by atoms with E-state index in [0.29, 0.717) is 11.4 Å². The third-order valence-corrected chi connectivity index (χ3v) is 7.10. The molecule has 1 N–H and O–H groups in total. The number of methoxy groups -OCH3 is 1. The van der Waals surface area contributed by atoms with E-state index in [9.17, 15) is 5.11 Å². The molecule has 0 saturated carbocycles. The minimum absolute atomic E-state index is 0.384. The Hall–Kier alpha value is -2.37. The maximum atomic E-state index is 12.6. The molecule has 0 fully saturated rings. The van der Waals surface area contributed by atoms with Crippen molar-refractivity contribution in [3.8, 4) is 5.75 Å². The van der Waals surface area contributed by atoms with Crippen LogP contribution in [0.4, 0.5) is 0 Å². The SMILES string of the molecule is COc1cc2ccc(Br)cc2cc1[C@@H](c1ccc(Cl)cc1)[C@@](O)(CCN(C)C)c1ccccc1. The molecule has 3 nitrogen and oxygen atoms in total. The fourth-order valence-corrected chi connectivity index (χ4v) is 5.12. The van der Waals surface area contributed by atoms with E-state index in [2.05, 4.69) is 45.1 Å². The van der Waals surface area contributed by atoms with Crippen molar-refractivity contribution < 1.29 is 9.84 Å². The Bertz CT molecular complexity index is 1260. The summed E-state index contributed by atoms with van der Waals surface area (Å²) in [6.07, 6.45) is 0.539. The van der Waals surface area contributed by atoms with Crippen molar-refractivity contribution in [2.75, 3.05) is 27.7 Å². The second-order valence-corrected chi connectivity index (χ2v) is 10.3. The zero-order chi connectivity index (χ0) is 24.3. The number of fused-ring (bicyclic) bond motifs is 1. The summed E-state index contributed by atoms with van der Waals surface area (Å²) in [6.45, 7) is 0.719. The third-order valence-electron chi connectivity index (χ3n) is 6.36. The summed E-state index contributed by atoms with van der Waals surface area (Å²) in [5.74, 6) is 0.361. The Morgan fingerprint density at radius 3 is 2.29 bits per heavy atom. The van der Waals surface area contributed by atoms with Crippen molar-refractivity contribution in [3.63, 3.8) is 0 Å². The van der Waals surface area contributed by atoms with E-state index >= 15 is 0 Å². The van der Waals surface area contributed by atoms with E-state index in [1.54, 1.807) is 7.11 Å². The third kappa shape index (κ3) is 5.16. The van der Waals surface area contributed by atoms with Crippen molar-refractivity contribution in [1.29, 1.82) is 0 Å². The minimum Gasteiger partial charge on any atom is -0.496 e. The lowest BCUT2D eigenvalue weighted by Gasteiger charge is -2.39. The van der Waals surface area contributed by atoms with E-state index in [4.69, 9.17) is 16.3 Å². The van der Waals surface area contributed by atoms with Crippen molar-refractivity contribution in [1.82, 2.24) is 4.90 Å². The van der Waals surface area contributed by atoms with E-state index < -0.39 is 5.60 Å². The zero-order valence-electron chi connectivity index (χ0n) is 19.6. The molecular weight excluding hydrogens is 510 g/mol. The Balaban J connectivity index is 2.01. The molecule has 0 heterocycles. The molecule has 0 radical (unpaired) electrons. The van der Waals surface area contributed by atoms with Crippen LogP contribution >= 0.6 is 27.5 Å². The van der Waals surface area contributed by atoms with Crippen molar-refractivity contribution in [3.05, 3.63) is 111 Å². The van der Waals surface area contributed by atoms with Gasteiger partial charge in [0.15, 0.2) is 0 Å². The number of nitrogens with zero attached hydrogens (tertiary/aromatic N) is 1. The van der Waals surface area contributed by atoms with Gasteiger partial charge in [-0.15, -0.1) is 0 Å². The van der Waals surface area contributed by atoms with E-state index in [1.807, 2.05) is 74.8 Å². The molecular formula is C29H29BrClNO2. The molecule has 0 spiro atoms. The van der Waals surface area contributed by atoms with Gasteiger partial charge in [0.05, 0.1) is 7.11 Å². The standard InChI is InChI=1S/C29H29BrClNO2/c1-32(2)16-15-29(33,23-7-5-4-6-8-23)28(20-10-13-25(31)14-11-20)26-18-22-17-24(30)12-9-21(22)19-27(26)34-3/h4-14,17-19,28,33H,15-16H2,1-3H3/t28-,29-/m1/s1. The Morgan fingerprint density at radius 1 is 0.941 bits per heavy atom. The van der Waals surface area contributed by atoms with E-state index in [-0.39, 0.29) is 5.92 Å². The lowest BCUT2D eigenvalue weighted by atomic mass is 9.71. The Kier molecular flexibility index (Phi) is 7.63. The molecule has 0 aliphatic heterocycles. The van der Waals surface area contributed by atoms with Gasteiger partial charge in [0, 0.05) is 27.5 Å². The smallest absolute Gasteiger partial charge is 0.123 e. The van der Waals surface area contributed by atoms with Crippen LogP contribution in [0.5, 0.6) is 5.75 Å². The van der Waals surface area contributed by atoms with Gasteiger partial charge in [-0.05, 0) is 78.8 Å². The van der Waals surface area contributed by atoms with Crippen LogP contribution in [0.15, 0.2) is 89.4 Å². The number of rotatable bonds is 8. The molecule has 0 aliphatic rings. The van der Waals surface area contributed by atoms with Gasteiger partial charge in [-0.25, -0.2) is 0 Å². The molecule has 0 bridgehead atoms. The maximum absolute atomic E-state index is 12.6. The molecule has 176 valence electrons. The first-order valence-corrected chi connectivity index (χ1v) is 12.4. The molecule has 2 atom stereocenters. The second kappa shape index (κ2) is 10.5. The molecule has 4 aromatic carbocycles. The fourth-order valence-electron chi connectivity index (χ4n) is 4.61. The van der Waals surface area contributed by atoms with Gasteiger partial charge >= 0.3 is 0 Å². The van der Waals surface area contributed by atoms with Crippen LogP contribution in [-0.4, -0.2) is 37.8 Å². The molecule has 4 aromatic rings. The van der Waals surface area contributed by atoms with Gasteiger partial charge in [0.2, 0.25) is 0 Å². The van der Waals surface area contributed by atoms with Gasteiger partial charge in [-0.3, -0.25) is 0 Å². The summed E-state index contributed by atoms with van der Waals surface area (Å²) in [4.78, 5) is 2.10. The van der Waals surface area contributed by atoms with Crippen LogP contribution in [0.3, 0.4) is 0 Å². The summed E-state index contributed by atoms with van der Waals surface area (Å²) in [6, 6.07) is 28.1. The molecule has 0 unspecified atom stereocenters. The molecule has 0 aromatic heterocycles. The first-order chi connectivity index (χ1) is 16.3. The summed E-state index contributed by atoms with van der Waals surface area (Å²) >= 11 is 9.85. The first-order valence-electron chi connectivity index (χ1n) is 11.3. The van der Waals surface area contributed by atoms with Crippen molar-refractivity contribution >= 4 is 38.3 Å². The summed E-state index contributed by atoms with van der Waals surface area (Å²) in [7, 11) is 5.73. The van der Waals surface area contributed by atoms with E-state index in [1.165, 1.54) is 0 Å². The highest BCUT2D eigenvalue weighted by atomic mass is 79.9. The van der Waals surface area contributed by atoms with Gasteiger partial charge in [-0.1, -0.05) is 76.1 Å². The van der Waals surface area contributed by atoms with Crippen LogP contribution in [0.25, 0.3) is 10.8 Å². The van der Waals surface area contributed by atoms with Crippen LogP contribution in [0, 0.1) is 0 Å². The number of aliphatic hydroxyl groups is 1. The fraction of sp³-hybridized carbons (Fsp3) is 0.241. The number of hydrogen-bond donors (Lipinski definition) is 1. The number of ether oxygens (including phenoxy) is 1. The normalized spacial score (nSPS) is 14.2. The predicted octanol–water partition coefficient (Wildman–Crippen LogP) is 7.24. The second-order valence-electron chi connectivity index (χ2n) is 8.91. The molecule has 34 heavy (non-hydrogen) atoms. The highest BCUT2D eigenvalue weighted by molar-refractivity contribution is 9.10. The molecule has 0 saturated heterocycles. The maximum Gasteiger partial charge on any atom is 0.123 e. The molecule has 4 rings (SSSR count). The summed E-state index contributed by atoms with van der Waals surface area (Å²) in [5, 5.41) is 15.4. The highest BCUT2D eigenvalue weighted by Crippen LogP contribution is 2.48. The van der Waals surface area contributed by atoms with Crippen LogP contribution in [0.2, 0.25) is 5.02 Å². The first kappa shape index (κ1) is 24.7. The van der Waals surface area contributed by atoms with Crippen LogP contribution in [-0.2, 0) is 5.60 Å². The van der Waals surface area contributed by atoms with Crippen molar-refractivity contribution in [2.45, 2.75) is 17.9 Å². The van der Waals surface area contributed by atoms with Gasteiger partial charge < -0.3 is 14.7 Å². The molecule has 0 amide bonds. The van der Waals surface area contributed by atoms with Gasteiger partial charge in [0.1, 0.15) is 11.4 Å². The van der Waals surface area contributed by atoms with Crippen LogP contribution in [0.1, 0.15) is 29.0 Å². The van der Waals surface area contributed by atoms with Crippen molar-refractivity contribution in [2.24, 2.45) is 0 Å². The minimum atomic E-state index is -1.19. The lowest BCUT2D eigenvalue weighted by Crippen LogP contribution is -2.37. The number of benzene rings is 4. The number of hydrogen-bond acceptors (Lipinski definition) is 3. The zero-order valence-corrected chi connectivity index (χ0v) is 22.0. The molecule has 5 heteroatoms. The largest absolute Gasteiger partial charge is 0.496 e. The van der Waals surface area contributed by atoms with Gasteiger partial charge in [0.25, 0.3) is 0 Å². The quantitative estimate of drug-likeness (QED) is 0.257. The Morgan fingerprint density at radius 2 is 1.65 bits per heavy atom. The Labute approximate surface area is 215 Å². The highest BCUT2D eigenvalue weighted by Gasteiger charge is 2.41. The average Bonchev–Trinajstić information content (AvgIpc) is 2.84. The van der Waals surface area contributed by atoms with Crippen LogP contribution < -0.4 is 4.74 Å². The monoisotopic (exact) mass is 537 g/mol. The summed E-state index contributed by atoms with van der Waals surface area (Å²) < 4.78 is 6.91. The van der Waals surface area contributed by atoms with Gasteiger partial charge in [-0.2, -0.15) is 0 Å². The lowest BCUT2D eigenvalue weighted by molar-refractivity contribution is 0.00394. The molecule has 0 aliphatic carbocycles. The average molecular weight is 539 g/mol. The van der Waals surface area contributed by atoms with E-state index in [0.717, 1.165) is 44.2 Å².